The molecule has 1 unspecified atom stereocenters. The Balaban J connectivity index is 0.000000531. The number of fused-ring (bicyclic) bond motifs is 1. The van der Waals surface area contributed by atoms with Crippen molar-refractivity contribution in [1.29, 1.82) is 0 Å². The molecule has 2 rings (SSSR count). The van der Waals surface area contributed by atoms with Crippen molar-refractivity contribution in [3.63, 3.8) is 0 Å². The van der Waals surface area contributed by atoms with Crippen LogP contribution in [0.4, 0.5) is 0 Å². The zero-order chi connectivity index (χ0) is 11.1. The van der Waals surface area contributed by atoms with Gasteiger partial charge >= 0.3 is 0 Å². The molecule has 1 aromatic rings. The highest BCUT2D eigenvalue weighted by Crippen LogP contribution is 2.36. The third-order valence-electron chi connectivity index (χ3n) is 2.70. The van der Waals surface area contributed by atoms with Crippen molar-refractivity contribution in [2.75, 3.05) is 6.61 Å². The molecule has 1 heterocycles. The second-order valence-corrected chi connectivity index (χ2v) is 3.69. The van der Waals surface area contributed by atoms with Crippen LogP contribution < -0.4 is 4.74 Å². The number of rotatable bonds is 3. The van der Waals surface area contributed by atoms with Gasteiger partial charge in [-0.15, -0.1) is 0 Å². The summed E-state index contributed by atoms with van der Waals surface area (Å²) in [5.74, 6) is 1.75. The van der Waals surface area contributed by atoms with Gasteiger partial charge < -0.3 is 4.74 Å². The molecular formula is C14H22O. The summed E-state index contributed by atoms with van der Waals surface area (Å²) in [6.07, 6.45) is 3.86. The minimum atomic E-state index is 0.649. The topological polar surface area (TPSA) is 9.23 Å². The Labute approximate surface area is 93.5 Å². The number of hydrogen-bond donors (Lipinski definition) is 0. The third-order valence-corrected chi connectivity index (χ3v) is 2.70. The Hall–Kier alpha value is -0.980. The lowest BCUT2D eigenvalue weighted by molar-refractivity contribution is 0.323. The molecule has 1 aliphatic heterocycles. The normalized spacial score (nSPS) is 17.4. The van der Waals surface area contributed by atoms with E-state index in [4.69, 9.17) is 4.74 Å². The molecular weight excluding hydrogens is 184 g/mol. The van der Waals surface area contributed by atoms with Crippen LogP contribution >= 0.6 is 0 Å². The SMILES string of the molecule is CC.CCCCC1COc2ccccc21. The highest BCUT2D eigenvalue weighted by Gasteiger charge is 2.22. The number of benzene rings is 1. The molecule has 0 spiro atoms. The first-order valence-electron chi connectivity index (χ1n) is 6.13. The summed E-state index contributed by atoms with van der Waals surface area (Å²) in [7, 11) is 0. The highest BCUT2D eigenvalue weighted by atomic mass is 16.5. The molecule has 84 valence electrons. The summed E-state index contributed by atoms with van der Waals surface area (Å²) in [6, 6.07) is 8.41. The largest absolute Gasteiger partial charge is 0.493 e. The van der Waals surface area contributed by atoms with E-state index in [-0.39, 0.29) is 0 Å². The van der Waals surface area contributed by atoms with E-state index in [9.17, 15) is 0 Å². The van der Waals surface area contributed by atoms with Crippen molar-refractivity contribution in [2.45, 2.75) is 46.0 Å². The minimum Gasteiger partial charge on any atom is -0.493 e. The van der Waals surface area contributed by atoms with Crippen LogP contribution in [0.1, 0.15) is 51.5 Å². The van der Waals surface area contributed by atoms with Crippen molar-refractivity contribution in [1.82, 2.24) is 0 Å². The molecule has 0 bridgehead atoms. The van der Waals surface area contributed by atoms with Gasteiger partial charge in [-0.3, -0.25) is 0 Å². The van der Waals surface area contributed by atoms with Crippen molar-refractivity contribution >= 4 is 0 Å². The molecule has 0 radical (unpaired) electrons. The van der Waals surface area contributed by atoms with E-state index in [2.05, 4.69) is 25.1 Å². The van der Waals surface area contributed by atoms with Gasteiger partial charge in [-0.25, -0.2) is 0 Å². The summed E-state index contributed by atoms with van der Waals surface area (Å²) in [4.78, 5) is 0. The summed E-state index contributed by atoms with van der Waals surface area (Å²) in [5.41, 5.74) is 1.41. The lowest BCUT2D eigenvalue weighted by Crippen LogP contribution is -1.99. The fourth-order valence-corrected chi connectivity index (χ4v) is 1.92. The smallest absolute Gasteiger partial charge is 0.122 e. The Morgan fingerprint density at radius 2 is 2.00 bits per heavy atom. The molecule has 1 aromatic carbocycles. The quantitative estimate of drug-likeness (QED) is 0.713. The Morgan fingerprint density at radius 1 is 1.27 bits per heavy atom. The average Bonchev–Trinajstić information content (AvgIpc) is 2.72. The summed E-state index contributed by atoms with van der Waals surface area (Å²) >= 11 is 0. The first-order chi connectivity index (χ1) is 7.42. The predicted octanol–water partition coefficient (Wildman–Crippen LogP) is 4.38. The molecule has 0 aromatic heterocycles. The van der Waals surface area contributed by atoms with Crippen molar-refractivity contribution in [3.8, 4) is 5.75 Å². The molecule has 1 atom stereocenters. The lowest BCUT2D eigenvalue weighted by Gasteiger charge is -2.06. The molecule has 0 saturated heterocycles. The van der Waals surface area contributed by atoms with Gasteiger partial charge in [0.25, 0.3) is 0 Å². The first-order valence-corrected chi connectivity index (χ1v) is 6.13. The molecule has 0 amide bonds. The lowest BCUT2D eigenvalue weighted by atomic mass is 9.96. The van der Waals surface area contributed by atoms with Gasteiger partial charge in [0, 0.05) is 11.5 Å². The second kappa shape index (κ2) is 6.49. The van der Waals surface area contributed by atoms with E-state index in [1.807, 2.05) is 19.9 Å². The minimum absolute atomic E-state index is 0.649. The predicted molar refractivity (Wildman–Crippen MR) is 65.6 cm³/mol. The zero-order valence-corrected chi connectivity index (χ0v) is 10.1. The van der Waals surface area contributed by atoms with Gasteiger partial charge in [-0.2, -0.15) is 0 Å². The van der Waals surface area contributed by atoms with Crippen LogP contribution in [0.2, 0.25) is 0 Å². The number of para-hydroxylation sites is 1. The number of unbranched alkanes of at least 4 members (excludes halogenated alkanes) is 1. The zero-order valence-electron chi connectivity index (χ0n) is 10.1. The van der Waals surface area contributed by atoms with Crippen LogP contribution in [-0.2, 0) is 0 Å². The molecule has 1 heteroatoms. The van der Waals surface area contributed by atoms with E-state index in [0.717, 1.165) is 12.4 Å². The molecule has 0 N–H and O–H groups in total. The maximum Gasteiger partial charge on any atom is 0.122 e. The van der Waals surface area contributed by atoms with Gasteiger partial charge in [0.05, 0.1) is 6.61 Å². The number of hydrogen-bond acceptors (Lipinski definition) is 1. The van der Waals surface area contributed by atoms with E-state index in [0.29, 0.717) is 5.92 Å². The van der Waals surface area contributed by atoms with Crippen molar-refractivity contribution in [3.05, 3.63) is 29.8 Å². The maximum atomic E-state index is 5.61. The monoisotopic (exact) mass is 206 g/mol. The molecule has 0 saturated carbocycles. The fourth-order valence-electron chi connectivity index (χ4n) is 1.92. The van der Waals surface area contributed by atoms with E-state index >= 15 is 0 Å². The van der Waals surface area contributed by atoms with Gasteiger partial charge in [0.1, 0.15) is 5.75 Å². The van der Waals surface area contributed by atoms with E-state index < -0.39 is 0 Å². The van der Waals surface area contributed by atoms with Crippen LogP contribution in [0.3, 0.4) is 0 Å². The average molecular weight is 206 g/mol. The Kier molecular flexibility index (Phi) is 5.23. The molecule has 0 fully saturated rings. The maximum absolute atomic E-state index is 5.61. The highest BCUT2D eigenvalue weighted by molar-refractivity contribution is 5.39. The van der Waals surface area contributed by atoms with Gasteiger partial charge in [-0.05, 0) is 12.5 Å². The summed E-state index contributed by atoms with van der Waals surface area (Å²) in [6.45, 7) is 7.13. The van der Waals surface area contributed by atoms with Crippen molar-refractivity contribution < 1.29 is 4.74 Å². The van der Waals surface area contributed by atoms with Crippen LogP contribution in [0, 0.1) is 0 Å². The van der Waals surface area contributed by atoms with Crippen LogP contribution in [-0.4, -0.2) is 6.61 Å². The standard InChI is InChI=1S/C12H16O.C2H6/c1-2-3-6-10-9-13-12-8-5-4-7-11(10)12;1-2/h4-5,7-8,10H,2-3,6,9H2,1H3;1-2H3. The Morgan fingerprint density at radius 3 is 2.73 bits per heavy atom. The van der Waals surface area contributed by atoms with Crippen LogP contribution in [0.25, 0.3) is 0 Å². The molecule has 1 aliphatic rings. The summed E-state index contributed by atoms with van der Waals surface area (Å²) in [5, 5.41) is 0. The number of ether oxygens (including phenoxy) is 1. The fraction of sp³-hybridized carbons (Fsp3) is 0.571. The molecule has 1 nitrogen and oxygen atoms in total. The third kappa shape index (κ3) is 2.98. The molecule has 0 aliphatic carbocycles. The van der Waals surface area contributed by atoms with Crippen molar-refractivity contribution in [2.24, 2.45) is 0 Å². The Bertz CT molecular complexity index is 280. The van der Waals surface area contributed by atoms with Gasteiger partial charge in [0.15, 0.2) is 0 Å². The van der Waals surface area contributed by atoms with Crippen LogP contribution in [0.5, 0.6) is 5.75 Å². The summed E-state index contributed by atoms with van der Waals surface area (Å²) < 4.78 is 5.61. The van der Waals surface area contributed by atoms with Gasteiger partial charge in [0.2, 0.25) is 0 Å². The second-order valence-electron chi connectivity index (χ2n) is 3.69. The van der Waals surface area contributed by atoms with Gasteiger partial charge in [-0.1, -0.05) is 51.8 Å². The molecule has 15 heavy (non-hydrogen) atoms. The van der Waals surface area contributed by atoms with E-state index in [1.54, 1.807) is 0 Å². The first kappa shape index (κ1) is 12.1. The van der Waals surface area contributed by atoms with E-state index in [1.165, 1.54) is 24.8 Å². The van der Waals surface area contributed by atoms with Crippen LogP contribution in [0.15, 0.2) is 24.3 Å².